The lowest BCUT2D eigenvalue weighted by Crippen LogP contribution is -2.25. The highest BCUT2D eigenvalue weighted by Crippen LogP contribution is 2.35. The zero-order valence-electron chi connectivity index (χ0n) is 20.3. The Hall–Kier alpha value is -3.38. The van der Waals surface area contributed by atoms with Crippen molar-refractivity contribution in [3.8, 4) is 16.9 Å². The Morgan fingerprint density at radius 1 is 1.17 bits per heavy atom. The number of nitrogens with zero attached hydrogens (tertiary/aromatic N) is 1. The minimum Gasteiger partial charge on any atom is -0.489 e. The third-order valence-electron chi connectivity index (χ3n) is 6.44. The van der Waals surface area contributed by atoms with Crippen LogP contribution < -0.4 is 15.4 Å². The van der Waals surface area contributed by atoms with Crippen LogP contribution in [0.1, 0.15) is 49.4 Å². The largest absolute Gasteiger partial charge is 0.489 e. The molecule has 1 aliphatic carbocycles. The number of halogens is 1. The number of nitrogens with two attached hydrogens (primary N) is 1. The number of hydrogen-bond acceptors (Lipinski definition) is 4. The van der Waals surface area contributed by atoms with Crippen LogP contribution in [-0.4, -0.2) is 24.2 Å². The molecule has 0 bridgehead atoms. The van der Waals surface area contributed by atoms with E-state index in [0.29, 0.717) is 28.4 Å². The van der Waals surface area contributed by atoms with Gasteiger partial charge in [-0.1, -0.05) is 36.4 Å². The SMILES string of the molecule is CCN(CC1CC1)c1cc(COc2ccccc2CC(=O)O)cc(-c2cccc([C@@H](C)N)c2F)c1. The number of para-hydroxylation sites is 1. The summed E-state index contributed by atoms with van der Waals surface area (Å²) in [4.78, 5) is 13.6. The molecule has 1 fully saturated rings. The van der Waals surface area contributed by atoms with E-state index in [-0.39, 0.29) is 18.8 Å². The van der Waals surface area contributed by atoms with Gasteiger partial charge in [-0.3, -0.25) is 4.79 Å². The summed E-state index contributed by atoms with van der Waals surface area (Å²) in [7, 11) is 0. The predicted octanol–water partition coefficient (Wildman–Crippen LogP) is 5.95. The Kier molecular flexibility index (Phi) is 7.71. The fourth-order valence-electron chi connectivity index (χ4n) is 4.36. The van der Waals surface area contributed by atoms with Gasteiger partial charge in [0.25, 0.3) is 0 Å². The first-order valence-electron chi connectivity index (χ1n) is 12.2. The Morgan fingerprint density at radius 3 is 2.63 bits per heavy atom. The molecule has 0 amide bonds. The predicted molar refractivity (Wildman–Crippen MR) is 137 cm³/mol. The Bertz CT molecular complexity index is 1190. The van der Waals surface area contributed by atoms with Crippen molar-refractivity contribution in [3.63, 3.8) is 0 Å². The zero-order valence-corrected chi connectivity index (χ0v) is 20.3. The Morgan fingerprint density at radius 2 is 1.94 bits per heavy atom. The Labute approximate surface area is 206 Å². The van der Waals surface area contributed by atoms with Gasteiger partial charge < -0.3 is 20.5 Å². The normalized spacial score (nSPS) is 13.9. The van der Waals surface area contributed by atoms with Gasteiger partial charge in [0.1, 0.15) is 18.2 Å². The van der Waals surface area contributed by atoms with Crippen LogP contribution in [0.3, 0.4) is 0 Å². The second kappa shape index (κ2) is 10.9. The molecule has 0 spiro atoms. The van der Waals surface area contributed by atoms with Crippen molar-refractivity contribution >= 4 is 11.7 Å². The van der Waals surface area contributed by atoms with E-state index in [1.54, 1.807) is 37.3 Å². The quantitative estimate of drug-likeness (QED) is 0.357. The van der Waals surface area contributed by atoms with Crippen molar-refractivity contribution in [1.29, 1.82) is 0 Å². The fraction of sp³-hybridized carbons (Fsp3) is 0.345. The van der Waals surface area contributed by atoms with Gasteiger partial charge in [0.15, 0.2) is 0 Å². The molecule has 0 aliphatic heterocycles. The highest BCUT2D eigenvalue weighted by molar-refractivity contribution is 5.72. The van der Waals surface area contributed by atoms with Gasteiger partial charge in [0.05, 0.1) is 6.42 Å². The van der Waals surface area contributed by atoms with E-state index in [0.717, 1.165) is 29.9 Å². The first-order valence-corrected chi connectivity index (χ1v) is 12.2. The van der Waals surface area contributed by atoms with Gasteiger partial charge in [-0.25, -0.2) is 4.39 Å². The maximum absolute atomic E-state index is 15.4. The van der Waals surface area contributed by atoms with E-state index in [2.05, 4.69) is 17.9 Å². The number of carboxylic acid groups (broad SMARTS) is 1. The summed E-state index contributed by atoms with van der Waals surface area (Å²) in [6.45, 7) is 5.98. The highest BCUT2D eigenvalue weighted by atomic mass is 19.1. The summed E-state index contributed by atoms with van der Waals surface area (Å²) >= 11 is 0. The number of rotatable bonds is 11. The van der Waals surface area contributed by atoms with Crippen molar-refractivity contribution < 1.29 is 19.0 Å². The molecule has 35 heavy (non-hydrogen) atoms. The molecule has 0 radical (unpaired) electrons. The number of anilines is 1. The van der Waals surface area contributed by atoms with Crippen LogP contribution in [0, 0.1) is 11.7 Å². The molecule has 4 rings (SSSR count). The summed E-state index contributed by atoms with van der Waals surface area (Å²) in [5.74, 6) is 0.0359. The summed E-state index contributed by atoms with van der Waals surface area (Å²) in [6.07, 6.45) is 2.39. The van der Waals surface area contributed by atoms with Crippen molar-refractivity contribution in [2.75, 3.05) is 18.0 Å². The van der Waals surface area contributed by atoms with Gasteiger partial charge in [0, 0.05) is 41.5 Å². The molecular formula is C29H33FN2O3. The molecule has 3 N–H and O–H groups in total. The average molecular weight is 477 g/mol. The van der Waals surface area contributed by atoms with Gasteiger partial charge in [-0.05, 0) is 68.0 Å². The van der Waals surface area contributed by atoms with Crippen LogP contribution in [0.4, 0.5) is 10.1 Å². The molecule has 0 unspecified atom stereocenters. The number of aliphatic carboxylic acids is 1. The minimum absolute atomic E-state index is 0.109. The van der Waals surface area contributed by atoms with Crippen molar-refractivity contribution in [3.05, 3.63) is 83.2 Å². The zero-order chi connectivity index (χ0) is 24.9. The van der Waals surface area contributed by atoms with Crippen LogP contribution in [0.2, 0.25) is 0 Å². The van der Waals surface area contributed by atoms with Gasteiger partial charge >= 0.3 is 5.97 Å². The second-order valence-electron chi connectivity index (χ2n) is 9.33. The number of hydrogen-bond donors (Lipinski definition) is 2. The molecule has 6 heteroatoms. The summed E-state index contributed by atoms with van der Waals surface area (Å²) < 4.78 is 21.5. The van der Waals surface area contributed by atoms with E-state index in [1.165, 1.54) is 12.8 Å². The first-order chi connectivity index (χ1) is 16.9. The molecule has 0 aromatic heterocycles. The smallest absolute Gasteiger partial charge is 0.307 e. The summed E-state index contributed by atoms with van der Waals surface area (Å²) in [6, 6.07) is 18.2. The maximum Gasteiger partial charge on any atom is 0.307 e. The topological polar surface area (TPSA) is 75.8 Å². The summed E-state index contributed by atoms with van der Waals surface area (Å²) in [5.41, 5.74) is 10.3. The number of carboxylic acids is 1. The lowest BCUT2D eigenvalue weighted by Gasteiger charge is -2.25. The molecule has 0 saturated heterocycles. The van der Waals surface area contributed by atoms with Gasteiger partial charge in [-0.2, -0.15) is 0 Å². The highest BCUT2D eigenvalue weighted by Gasteiger charge is 2.24. The number of ether oxygens (including phenoxy) is 1. The second-order valence-corrected chi connectivity index (χ2v) is 9.33. The summed E-state index contributed by atoms with van der Waals surface area (Å²) in [5, 5.41) is 9.22. The standard InChI is InChI=1S/C29H33FN2O3/c1-3-32(17-20-11-12-20)24-14-21(18-35-27-10-5-4-7-22(27)16-28(33)34)13-23(15-24)26-9-6-8-25(19(2)31)29(26)30/h4-10,13-15,19-20H,3,11-12,16-18,31H2,1-2H3,(H,33,34)/t19-/m1/s1. The van der Waals surface area contributed by atoms with Crippen LogP contribution in [0.25, 0.3) is 11.1 Å². The van der Waals surface area contributed by atoms with Crippen molar-refractivity contribution in [1.82, 2.24) is 0 Å². The Balaban J connectivity index is 1.70. The molecule has 1 atom stereocenters. The van der Waals surface area contributed by atoms with Crippen LogP contribution in [-0.2, 0) is 17.8 Å². The van der Waals surface area contributed by atoms with E-state index in [1.807, 2.05) is 24.3 Å². The fourth-order valence-corrected chi connectivity index (χ4v) is 4.36. The molecule has 5 nitrogen and oxygen atoms in total. The monoisotopic (exact) mass is 476 g/mol. The third kappa shape index (κ3) is 6.20. The van der Waals surface area contributed by atoms with Crippen LogP contribution >= 0.6 is 0 Å². The van der Waals surface area contributed by atoms with Gasteiger partial charge in [0.2, 0.25) is 0 Å². The van der Waals surface area contributed by atoms with E-state index < -0.39 is 12.0 Å². The van der Waals surface area contributed by atoms with Crippen LogP contribution in [0.5, 0.6) is 5.75 Å². The molecule has 3 aromatic rings. The minimum atomic E-state index is -0.909. The third-order valence-corrected chi connectivity index (χ3v) is 6.44. The first kappa shape index (κ1) is 24.7. The molecular weight excluding hydrogens is 443 g/mol. The number of benzene rings is 3. The van der Waals surface area contributed by atoms with Crippen molar-refractivity contribution in [2.45, 2.75) is 45.8 Å². The maximum atomic E-state index is 15.4. The molecule has 0 heterocycles. The molecule has 1 saturated carbocycles. The molecule has 3 aromatic carbocycles. The molecule has 1 aliphatic rings. The van der Waals surface area contributed by atoms with Crippen LogP contribution in [0.15, 0.2) is 60.7 Å². The lowest BCUT2D eigenvalue weighted by molar-refractivity contribution is -0.136. The van der Waals surface area contributed by atoms with E-state index in [9.17, 15) is 9.90 Å². The van der Waals surface area contributed by atoms with Gasteiger partial charge in [-0.15, -0.1) is 0 Å². The average Bonchev–Trinajstić information content (AvgIpc) is 3.65. The van der Waals surface area contributed by atoms with Crippen molar-refractivity contribution in [2.24, 2.45) is 11.7 Å². The molecule has 184 valence electrons. The van der Waals surface area contributed by atoms with E-state index >= 15 is 4.39 Å². The number of carbonyl (C=O) groups is 1. The van der Waals surface area contributed by atoms with E-state index in [4.69, 9.17) is 10.5 Å². The lowest BCUT2D eigenvalue weighted by atomic mass is 9.97.